The highest BCUT2D eigenvalue weighted by Gasteiger charge is 2.12. The Morgan fingerprint density at radius 3 is 2.36 bits per heavy atom. The van der Waals surface area contributed by atoms with Crippen molar-refractivity contribution in [3.63, 3.8) is 0 Å². The van der Waals surface area contributed by atoms with Crippen LogP contribution in [0.2, 0.25) is 0 Å². The summed E-state index contributed by atoms with van der Waals surface area (Å²) in [7, 11) is 0. The second kappa shape index (κ2) is 7.08. The SMILES string of the molecule is Cc1ccc(Nc2nc(-c3ccc([N+](=O)[O-])cc3)nc3ccccc23)cc1C. The Balaban J connectivity index is 1.80. The number of non-ortho nitro benzene ring substituents is 1. The number of anilines is 2. The molecule has 6 heteroatoms. The van der Waals surface area contributed by atoms with Gasteiger partial charge in [0.05, 0.1) is 10.4 Å². The lowest BCUT2D eigenvalue weighted by Crippen LogP contribution is -2.00. The van der Waals surface area contributed by atoms with Gasteiger partial charge in [0.15, 0.2) is 5.82 Å². The topological polar surface area (TPSA) is 81.0 Å². The van der Waals surface area contributed by atoms with E-state index in [4.69, 9.17) is 4.98 Å². The maximum Gasteiger partial charge on any atom is 0.269 e. The zero-order valence-corrected chi connectivity index (χ0v) is 15.5. The third-order valence-corrected chi connectivity index (χ3v) is 4.71. The van der Waals surface area contributed by atoms with Crippen LogP contribution in [0.5, 0.6) is 0 Å². The van der Waals surface area contributed by atoms with Crippen LogP contribution in [0.25, 0.3) is 22.3 Å². The van der Waals surface area contributed by atoms with Crippen LogP contribution in [0.4, 0.5) is 17.2 Å². The number of nitrogens with zero attached hydrogens (tertiary/aromatic N) is 3. The van der Waals surface area contributed by atoms with E-state index in [0.29, 0.717) is 11.6 Å². The van der Waals surface area contributed by atoms with Gasteiger partial charge in [0, 0.05) is 28.8 Å². The summed E-state index contributed by atoms with van der Waals surface area (Å²) in [6, 6.07) is 20.2. The van der Waals surface area contributed by atoms with Gasteiger partial charge < -0.3 is 5.32 Å². The van der Waals surface area contributed by atoms with Gasteiger partial charge >= 0.3 is 0 Å². The fourth-order valence-electron chi connectivity index (χ4n) is 2.99. The van der Waals surface area contributed by atoms with E-state index in [2.05, 4.69) is 36.3 Å². The van der Waals surface area contributed by atoms with Gasteiger partial charge in [-0.25, -0.2) is 9.97 Å². The Bertz CT molecular complexity index is 1190. The van der Waals surface area contributed by atoms with Crippen LogP contribution in [0, 0.1) is 24.0 Å². The van der Waals surface area contributed by atoms with Gasteiger partial charge in [-0.15, -0.1) is 0 Å². The summed E-state index contributed by atoms with van der Waals surface area (Å²) in [6.07, 6.45) is 0. The molecule has 0 unspecified atom stereocenters. The number of fused-ring (bicyclic) bond motifs is 1. The zero-order valence-electron chi connectivity index (χ0n) is 15.5. The fourth-order valence-corrected chi connectivity index (χ4v) is 2.99. The number of para-hydroxylation sites is 1. The number of nitro benzene ring substituents is 1. The van der Waals surface area contributed by atoms with Gasteiger partial charge in [0.2, 0.25) is 0 Å². The summed E-state index contributed by atoms with van der Waals surface area (Å²) in [5.74, 6) is 1.21. The largest absolute Gasteiger partial charge is 0.340 e. The van der Waals surface area contributed by atoms with Crippen LogP contribution in [0.15, 0.2) is 66.7 Å². The van der Waals surface area contributed by atoms with Crippen molar-refractivity contribution in [3.05, 3.63) is 88.0 Å². The molecule has 4 rings (SSSR count). The minimum atomic E-state index is -0.419. The van der Waals surface area contributed by atoms with E-state index in [1.54, 1.807) is 12.1 Å². The lowest BCUT2D eigenvalue weighted by atomic mass is 10.1. The minimum absolute atomic E-state index is 0.0398. The van der Waals surface area contributed by atoms with Crippen molar-refractivity contribution in [1.82, 2.24) is 9.97 Å². The molecule has 0 radical (unpaired) electrons. The van der Waals surface area contributed by atoms with Crippen molar-refractivity contribution in [2.45, 2.75) is 13.8 Å². The van der Waals surface area contributed by atoms with Gasteiger partial charge in [-0.1, -0.05) is 18.2 Å². The molecule has 3 aromatic carbocycles. The first-order chi connectivity index (χ1) is 13.5. The predicted octanol–water partition coefficient (Wildman–Crippen LogP) is 5.57. The first kappa shape index (κ1) is 17.6. The number of aryl methyl sites for hydroxylation is 2. The molecule has 0 atom stereocenters. The van der Waals surface area contributed by atoms with Crippen molar-refractivity contribution in [2.24, 2.45) is 0 Å². The molecule has 1 N–H and O–H groups in total. The van der Waals surface area contributed by atoms with Crippen LogP contribution in [-0.2, 0) is 0 Å². The Hall–Kier alpha value is -3.80. The Kier molecular flexibility index (Phi) is 4.45. The van der Waals surface area contributed by atoms with Crippen molar-refractivity contribution in [2.75, 3.05) is 5.32 Å². The van der Waals surface area contributed by atoms with Crippen LogP contribution in [0.1, 0.15) is 11.1 Å². The number of aromatic nitrogens is 2. The third-order valence-electron chi connectivity index (χ3n) is 4.71. The highest BCUT2D eigenvalue weighted by Crippen LogP contribution is 2.28. The molecule has 0 saturated carbocycles. The van der Waals surface area contributed by atoms with E-state index in [-0.39, 0.29) is 5.69 Å². The molecule has 0 bridgehead atoms. The molecule has 0 aliphatic heterocycles. The zero-order chi connectivity index (χ0) is 19.7. The van der Waals surface area contributed by atoms with E-state index in [0.717, 1.165) is 22.2 Å². The number of nitrogens with one attached hydrogen (secondary N) is 1. The number of nitro groups is 1. The molecule has 0 fully saturated rings. The van der Waals surface area contributed by atoms with Crippen molar-refractivity contribution in [3.8, 4) is 11.4 Å². The van der Waals surface area contributed by atoms with E-state index in [1.165, 1.54) is 23.3 Å². The van der Waals surface area contributed by atoms with Crippen molar-refractivity contribution >= 4 is 28.1 Å². The van der Waals surface area contributed by atoms with Crippen LogP contribution < -0.4 is 5.32 Å². The molecule has 0 aliphatic carbocycles. The molecule has 0 saturated heterocycles. The quantitative estimate of drug-likeness (QED) is 0.375. The molecular formula is C22H18N4O2. The summed E-state index contributed by atoms with van der Waals surface area (Å²) in [5, 5.41) is 15.2. The molecule has 4 aromatic rings. The molecule has 6 nitrogen and oxygen atoms in total. The Morgan fingerprint density at radius 2 is 1.64 bits per heavy atom. The standard InChI is InChI=1S/C22H18N4O2/c1-14-7-10-17(13-15(14)2)23-22-19-5-3-4-6-20(19)24-21(25-22)16-8-11-18(12-9-16)26(27)28/h3-13H,1-2H3,(H,23,24,25). The minimum Gasteiger partial charge on any atom is -0.340 e. The average molecular weight is 370 g/mol. The van der Waals surface area contributed by atoms with Crippen LogP contribution in [0.3, 0.4) is 0 Å². The maximum atomic E-state index is 10.9. The monoisotopic (exact) mass is 370 g/mol. The van der Waals surface area contributed by atoms with E-state index in [9.17, 15) is 10.1 Å². The van der Waals surface area contributed by atoms with Crippen molar-refractivity contribution in [1.29, 1.82) is 0 Å². The number of hydrogen-bond donors (Lipinski definition) is 1. The number of rotatable bonds is 4. The molecule has 0 spiro atoms. The summed E-state index contributed by atoms with van der Waals surface area (Å²) >= 11 is 0. The lowest BCUT2D eigenvalue weighted by molar-refractivity contribution is -0.384. The first-order valence-corrected chi connectivity index (χ1v) is 8.87. The number of benzene rings is 3. The summed E-state index contributed by atoms with van der Waals surface area (Å²) in [5.41, 5.74) is 4.93. The fraction of sp³-hybridized carbons (Fsp3) is 0.0909. The second-order valence-electron chi connectivity index (χ2n) is 6.64. The molecule has 1 aromatic heterocycles. The predicted molar refractivity (Wildman–Crippen MR) is 111 cm³/mol. The smallest absolute Gasteiger partial charge is 0.269 e. The van der Waals surface area contributed by atoms with Crippen molar-refractivity contribution < 1.29 is 4.92 Å². The van der Waals surface area contributed by atoms with Gasteiger partial charge in [0.25, 0.3) is 5.69 Å². The van der Waals surface area contributed by atoms with Crippen LogP contribution >= 0.6 is 0 Å². The average Bonchev–Trinajstić information content (AvgIpc) is 2.71. The highest BCUT2D eigenvalue weighted by atomic mass is 16.6. The molecule has 1 heterocycles. The molecular weight excluding hydrogens is 352 g/mol. The lowest BCUT2D eigenvalue weighted by Gasteiger charge is -2.12. The molecule has 0 amide bonds. The third kappa shape index (κ3) is 3.40. The first-order valence-electron chi connectivity index (χ1n) is 8.87. The van der Waals surface area contributed by atoms with E-state index >= 15 is 0 Å². The molecule has 28 heavy (non-hydrogen) atoms. The normalized spacial score (nSPS) is 10.8. The number of hydrogen-bond acceptors (Lipinski definition) is 5. The van der Waals surface area contributed by atoms with Crippen LogP contribution in [-0.4, -0.2) is 14.9 Å². The molecule has 0 aliphatic rings. The second-order valence-corrected chi connectivity index (χ2v) is 6.64. The van der Waals surface area contributed by atoms with Gasteiger partial charge in [0.1, 0.15) is 5.82 Å². The maximum absolute atomic E-state index is 10.9. The molecule has 138 valence electrons. The van der Waals surface area contributed by atoms with Gasteiger partial charge in [-0.3, -0.25) is 10.1 Å². The summed E-state index contributed by atoms with van der Waals surface area (Å²) in [6.45, 7) is 4.15. The van der Waals surface area contributed by atoms with E-state index < -0.39 is 4.92 Å². The Morgan fingerprint density at radius 1 is 0.893 bits per heavy atom. The Labute approximate surface area is 162 Å². The van der Waals surface area contributed by atoms with Gasteiger partial charge in [-0.05, 0) is 61.4 Å². The summed E-state index contributed by atoms with van der Waals surface area (Å²) < 4.78 is 0. The highest BCUT2D eigenvalue weighted by molar-refractivity contribution is 5.92. The summed E-state index contributed by atoms with van der Waals surface area (Å²) in [4.78, 5) is 19.8. The van der Waals surface area contributed by atoms with Gasteiger partial charge in [-0.2, -0.15) is 0 Å². The van der Waals surface area contributed by atoms with E-state index in [1.807, 2.05) is 30.3 Å².